The summed E-state index contributed by atoms with van der Waals surface area (Å²) >= 11 is 0. The fourth-order valence-electron chi connectivity index (χ4n) is 3.06. The van der Waals surface area contributed by atoms with Crippen LogP contribution in [0.1, 0.15) is 31.4 Å². The third-order valence-electron chi connectivity index (χ3n) is 4.61. The molecule has 9 nitrogen and oxygen atoms in total. The molecule has 1 saturated heterocycles. The number of hydrogen-bond donors (Lipinski definition) is 3. The molecule has 1 aromatic rings. The molecular formula is C19H29N3O6. The van der Waals surface area contributed by atoms with E-state index in [4.69, 9.17) is 14.2 Å². The molecular weight excluding hydrogens is 366 g/mol. The zero-order valence-corrected chi connectivity index (χ0v) is 16.6. The first-order valence-corrected chi connectivity index (χ1v) is 9.34. The topological polar surface area (TPSA) is 109 Å². The summed E-state index contributed by atoms with van der Waals surface area (Å²) in [6.07, 6.45) is 0.0407. The van der Waals surface area contributed by atoms with Crippen molar-refractivity contribution in [1.29, 1.82) is 0 Å². The van der Waals surface area contributed by atoms with Crippen LogP contribution in [-0.4, -0.2) is 68.6 Å². The number of amides is 3. The summed E-state index contributed by atoms with van der Waals surface area (Å²) in [5.41, 5.74) is 0.532. The lowest BCUT2D eigenvalue weighted by molar-refractivity contribution is 0.0956. The molecule has 1 heterocycles. The van der Waals surface area contributed by atoms with Crippen LogP contribution in [0.2, 0.25) is 0 Å². The Balaban J connectivity index is 1.79. The number of urea groups is 1. The quantitative estimate of drug-likeness (QED) is 0.648. The molecule has 9 heteroatoms. The van der Waals surface area contributed by atoms with Crippen molar-refractivity contribution in [1.82, 2.24) is 15.5 Å². The largest absolute Gasteiger partial charge is 0.497 e. The summed E-state index contributed by atoms with van der Waals surface area (Å²) in [5.74, 6) is 1.11. The normalized spacial score (nSPS) is 15.5. The molecule has 0 spiro atoms. The van der Waals surface area contributed by atoms with Gasteiger partial charge in [0.2, 0.25) is 0 Å². The number of nitrogens with one attached hydrogen (secondary N) is 2. The molecule has 1 atom stereocenters. The lowest BCUT2D eigenvalue weighted by atomic mass is 10.1. The van der Waals surface area contributed by atoms with Gasteiger partial charge in [0.05, 0.1) is 20.8 Å². The Morgan fingerprint density at radius 1 is 1.25 bits per heavy atom. The second-order valence-electron chi connectivity index (χ2n) is 6.44. The van der Waals surface area contributed by atoms with Crippen molar-refractivity contribution in [2.45, 2.75) is 31.9 Å². The number of rotatable bonds is 7. The minimum atomic E-state index is -0.943. The Morgan fingerprint density at radius 3 is 2.57 bits per heavy atom. The van der Waals surface area contributed by atoms with Crippen LogP contribution in [0.25, 0.3) is 0 Å². The Hall–Kier alpha value is -2.68. The number of benzene rings is 1. The van der Waals surface area contributed by atoms with Crippen LogP contribution in [0, 0.1) is 0 Å². The SMILES string of the molecule is CCOC(=O)N1CCC(NC(=O)NCC(O)c2cc(OC)ccc2OC)CC1. The average molecular weight is 395 g/mol. The van der Waals surface area contributed by atoms with Crippen molar-refractivity contribution in [2.75, 3.05) is 40.5 Å². The van der Waals surface area contributed by atoms with Gasteiger partial charge >= 0.3 is 12.1 Å². The molecule has 1 aliphatic heterocycles. The van der Waals surface area contributed by atoms with Gasteiger partial charge in [-0.15, -0.1) is 0 Å². The van der Waals surface area contributed by atoms with Crippen molar-refractivity contribution in [3.63, 3.8) is 0 Å². The number of aliphatic hydroxyl groups excluding tert-OH is 1. The summed E-state index contributed by atoms with van der Waals surface area (Å²) in [5, 5.41) is 16.0. The fourth-order valence-corrected chi connectivity index (χ4v) is 3.06. The number of methoxy groups -OCH3 is 2. The molecule has 156 valence electrons. The van der Waals surface area contributed by atoms with Crippen molar-refractivity contribution in [3.05, 3.63) is 23.8 Å². The number of likely N-dealkylation sites (tertiary alicyclic amines) is 1. The average Bonchev–Trinajstić information content (AvgIpc) is 2.72. The zero-order chi connectivity index (χ0) is 20.5. The molecule has 1 fully saturated rings. The van der Waals surface area contributed by atoms with Crippen molar-refractivity contribution in [3.8, 4) is 11.5 Å². The van der Waals surface area contributed by atoms with Gasteiger partial charge in [-0.1, -0.05) is 0 Å². The Morgan fingerprint density at radius 2 is 1.96 bits per heavy atom. The first kappa shape index (κ1) is 21.6. The van der Waals surface area contributed by atoms with Gasteiger partial charge in [-0.2, -0.15) is 0 Å². The maximum absolute atomic E-state index is 12.1. The highest BCUT2D eigenvalue weighted by Crippen LogP contribution is 2.29. The van der Waals surface area contributed by atoms with E-state index in [-0.39, 0.29) is 24.7 Å². The van der Waals surface area contributed by atoms with Crippen LogP contribution in [0.15, 0.2) is 18.2 Å². The van der Waals surface area contributed by atoms with Gasteiger partial charge in [-0.3, -0.25) is 0 Å². The fraction of sp³-hybridized carbons (Fsp3) is 0.579. The van der Waals surface area contributed by atoms with Crippen LogP contribution in [0.3, 0.4) is 0 Å². The standard InChI is InChI=1S/C19H29N3O6/c1-4-28-19(25)22-9-7-13(8-10-22)21-18(24)20-12-16(23)15-11-14(26-2)5-6-17(15)27-3/h5-6,11,13,16,23H,4,7-10,12H2,1-3H3,(H2,20,21,24). The molecule has 28 heavy (non-hydrogen) atoms. The van der Waals surface area contributed by atoms with Crippen LogP contribution in [0.4, 0.5) is 9.59 Å². The highest BCUT2D eigenvalue weighted by molar-refractivity contribution is 5.74. The van der Waals surface area contributed by atoms with E-state index in [9.17, 15) is 14.7 Å². The van der Waals surface area contributed by atoms with E-state index in [2.05, 4.69) is 10.6 Å². The minimum absolute atomic E-state index is 0.0248. The maximum Gasteiger partial charge on any atom is 0.409 e. The van der Waals surface area contributed by atoms with Crippen molar-refractivity contribution >= 4 is 12.1 Å². The smallest absolute Gasteiger partial charge is 0.409 e. The first-order valence-electron chi connectivity index (χ1n) is 9.34. The second kappa shape index (κ2) is 10.6. The van der Waals surface area contributed by atoms with Gasteiger partial charge in [0.15, 0.2) is 0 Å². The predicted molar refractivity (Wildman–Crippen MR) is 103 cm³/mol. The first-order chi connectivity index (χ1) is 13.5. The Bertz CT molecular complexity index is 661. The van der Waals surface area contributed by atoms with Crippen LogP contribution < -0.4 is 20.1 Å². The van der Waals surface area contributed by atoms with E-state index in [1.807, 2.05) is 0 Å². The predicted octanol–water partition coefficient (Wildman–Crippen LogP) is 1.66. The molecule has 0 saturated carbocycles. The van der Waals surface area contributed by atoms with Crippen molar-refractivity contribution < 1.29 is 28.9 Å². The second-order valence-corrected chi connectivity index (χ2v) is 6.44. The maximum atomic E-state index is 12.1. The van der Waals surface area contributed by atoms with Crippen LogP contribution in [-0.2, 0) is 4.74 Å². The summed E-state index contributed by atoms with van der Waals surface area (Å²) in [6.45, 7) is 3.21. The lowest BCUT2D eigenvalue weighted by Gasteiger charge is -2.31. The zero-order valence-electron chi connectivity index (χ0n) is 16.6. The number of nitrogens with zero attached hydrogens (tertiary/aromatic N) is 1. The number of piperidine rings is 1. The summed E-state index contributed by atoms with van der Waals surface area (Å²) in [6, 6.07) is 4.71. The number of ether oxygens (including phenoxy) is 3. The van der Waals surface area contributed by atoms with Gasteiger partial charge in [0.25, 0.3) is 0 Å². The highest BCUT2D eigenvalue weighted by Gasteiger charge is 2.24. The van der Waals surface area contributed by atoms with Crippen LogP contribution in [0.5, 0.6) is 11.5 Å². The Labute approximate surface area is 164 Å². The van der Waals surface area contributed by atoms with Crippen LogP contribution >= 0.6 is 0 Å². The lowest BCUT2D eigenvalue weighted by Crippen LogP contribution is -2.49. The van der Waals surface area contributed by atoms with Gasteiger partial charge in [0.1, 0.15) is 17.6 Å². The van der Waals surface area contributed by atoms with Gasteiger partial charge < -0.3 is 34.9 Å². The van der Waals surface area contributed by atoms with Gasteiger partial charge in [0, 0.05) is 31.2 Å². The van der Waals surface area contributed by atoms with E-state index in [0.717, 1.165) is 0 Å². The van der Waals surface area contributed by atoms with E-state index >= 15 is 0 Å². The monoisotopic (exact) mass is 395 g/mol. The van der Waals surface area contributed by atoms with Gasteiger partial charge in [-0.05, 0) is 38.0 Å². The number of aliphatic hydroxyl groups is 1. The molecule has 3 N–H and O–H groups in total. The van der Waals surface area contributed by atoms with Gasteiger partial charge in [-0.25, -0.2) is 9.59 Å². The third kappa shape index (κ3) is 5.91. The third-order valence-corrected chi connectivity index (χ3v) is 4.61. The molecule has 0 aromatic heterocycles. The summed E-state index contributed by atoms with van der Waals surface area (Å²) in [7, 11) is 3.05. The molecule has 2 rings (SSSR count). The number of carbonyl (C=O) groups is 2. The number of carbonyl (C=O) groups excluding carboxylic acids is 2. The van der Waals surface area contributed by atoms with E-state index in [1.165, 1.54) is 14.2 Å². The highest BCUT2D eigenvalue weighted by atomic mass is 16.6. The molecule has 1 aromatic carbocycles. The van der Waals surface area contributed by atoms with E-state index in [1.54, 1.807) is 30.0 Å². The molecule has 1 unspecified atom stereocenters. The van der Waals surface area contributed by atoms with E-state index < -0.39 is 6.10 Å². The molecule has 1 aliphatic rings. The molecule has 0 aliphatic carbocycles. The molecule has 0 radical (unpaired) electrons. The van der Waals surface area contributed by atoms with E-state index in [0.29, 0.717) is 49.6 Å². The molecule has 3 amide bonds. The summed E-state index contributed by atoms with van der Waals surface area (Å²) < 4.78 is 15.4. The summed E-state index contributed by atoms with van der Waals surface area (Å²) in [4.78, 5) is 25.5. The molecule has 0 bridgehead atoms. The number of hydrogen-bond acceptors (Lipinski definition) is 6. The Kier molecular flexibility index (Phi) is 8.19. The van der Waals surface area contributed by atoms with Crippen molar-refractivity contribution in [2.24, 2.45) is 0 Å². The minimum Gasteiger partial charge on any atom is -0.497 e.